The highest BCUT2D eigenvalue weighted by Gasteiger charge is 2.48. The molecule has 2 rings (SSSR count). The van der Waals surface area contributed by atoms with Gasteiger partial charge in [-0.3, -0.25) is 18.9 Å². The highest BCUT2D eigenvalue weighted by Crippen LogP contribution is 2.47. The summed E-state index contributed by atoms with van der Waals surface area (Å²) in [6.07, 6.45) is -0.809. The van der Waals surface area contributed by atoms with Gasteiger partial charge in [0.25, 0.3) is 5.56 Å². The van der Waals surface area contributed by atoms with Gasteiger partial charge in [0.1, 0.15) is 0 Å². The number of H-pyrrole nitrogens is 1. The number of nitrogens with one attached hydrogen (secondary N) is 1. The molecule has 12 heteroatoms. The van der Waals surface area contributed by atoms with Crippen LogP contribution in [0.4, 0.5) is 0 Å². The van der Waals surface area contributed by atoms with Crippen LogP contribution in [0.1, 0.15) is 12.6 Å². The molecule has 1 aromatic rings. The highest BCUT2D eigenvalue weighted by molar-refractivity contribution is 7.46. The van der Waals surface area contributed by atoms with Crippen LogP contribution in [-0.4, -0.2) is 36.4 Å². The Labute approximate surface area is 127 Å². The van der Waals surface area contributed by atoms with Crippen LogP contribution in [-0.2, 0) is 13.8 Å². The molecule has 21 heavy (non-hydrogen) atoms. The van der Waals surface area contributed by atoms with Crippen LogP contribution < -0.4 is 11.2 Å². The summed E-state index contributed by atoms with van der Waals surface area (Å²) in [6.45, 7) is -0.444. The van der Waals surface area contributed by atoms with Gasteiger partial charge in [-0.15, -0.1) is 0 Å². The van der Waals surface area contributed by atoms with E-state index in [-0.39, 0.29) is 6.42 Å². The zero-order valence-corrected chi connectivity index (χ0v) is 12.7. The van der Waals surface area contributed by atoms with Crippen molar-refractivity contribution in [3.63, 3.8) is 0 Å². The van der Waals surface area contributed by atoms with Crippen LogP contribution in [0.3, 0.4) is 0 Å². The first kappa shape index (κ1) is 16.7. The van der Waals surface area contributed by atoms with Gasteiger partial charge in [0, 0.05) is 18.7 Å². The number of halogens is 2. The predicted molar refractivity (Wildman–Crippen MR) is 72.3 cm³/mol. The summed E-state index contributed by atoms with van der Waals surface area (Å²) in [5.41, 5.74) is -1.36. The molecular weight excluding hydrogens is 350 g/mol. The number of nitrogens with zero attached hydrogens (tertiary/aromatic N) is 1. The normalized spacial score (nSPS) is 25.1. The molecule has 1 aliphatic rings. The Hall–Kier alpha value is -0.670. The fourth-order valence-electron chi connectivity index (χ4n) is 1.89. The van der Waals surface area contributed by atoms with Gasteiger partial charge in [0.15, 0.2) is 10.6 Å². The number of rotatable bonds is 4. The lowest BCUT2D eigenvalue weighted by Crippen LogP contribution is -2.36. The third-order valence-electron chi connectivity index (χ3n) is 2.71. The summed E-state index contributed by atoms with van der Waals surface area (Å²) in [6, 6.07) is 1.09. The zero-order valence-electron chi connectivity index (χ0n) is 10.3. The molecule has 1 aliphatic heterocycles. The summed E-state index contributed by atoms with van der Waals surface area (Å²) >= 11 is 12.1. The van der Waals surface area contributed by atoms with Crippen molar-refractivity contribution in [2.24, 2.45) is 0 Å². The monoisotopic (exact) mass is 360 g/mol. The van der Waals surface area contributed by atoms with Gasteiger partial charge in [-0.1, -0.05) is 23.2 Å². The molecule has 2 heterocycles. The van der Waals surface area contributed by atoms with Gasteiger partial charge in [0.2, 0.25) is 0 Å². The number of hydrogen-bond acceptors (Lipinski definition) is 5. The Morgan fingerprint density at radius 2 is 2.19 bits per heavy atom. The maximum absolute atomic E-state index is 11.7. The lowest BCUT2D eigenvalue weighted by molar-refractivity contribution is -0.0260. The van der Waals surface area contributed by atoms with Crippen LogP contribution in [0, 0.1) is 0 Å². The van der Waals surface area contributed by atoms with E-state index in [9.17, 15) is 14.2 Å². The maximum Gasteiger partial charge on any atom is 0.469 e. The summed E-state index contributed by atoms with van der Waals surface area (Å²) in [5, 5.41) is 0. The first-order valence-electron chi connectivity index (χ1n) is 5.63. The molecule has 1 aromatic heterocycles. The van der Waals surface area contributed by atoms with Crippen molar-refractivity contribution >= 4 is 31.0 Å². The van der Waals surface area contributed by atoms with E-state index in [0.717, 1.165) is 16.8 Å². The van der Waals surface area contributed by atoms with E-state index in [0.29, 0.717) is 0 Å². The summed E-state index contributed by atoms with van der Waals surface area (Å²) in [5.74, 6) is 0. The molecule has 0 bridgehead atoms. The number of phosphoric acid groups is 1. The predicted octanol–water partition coefficient (Wildman–Crippen LogP) is 0.107. The van der Waals surface area contributed by atoms with Crippen LogP contribution >= 0.6 is 31.0 Å². The number of ether oxygens (including phenoxy) is 1. The van der Waals surface area contributed by atoms with Crippen LogP contribution in [0.15, 0.2) is 21.9 Å². The van der Waals surface area contributed by atoms with Crippen molar-refractivity contribution in [2.45, 2.75) is 23.1 Å². The molecule has 3 N–H and O–H groups in total. The Bertz CT molecular complexity index is 681. The SMILES string of the molecule is O=c1ccn(C2OC(COP(=O)(O)O)CC2(Cl)Cl)c(=O)[nH]1. The van der Waals surface area contributed by atoms with Crippen LogP contribution in [0.25, 0.3) is 0 Å². The number of alkyl halides is 2. The van der Waals surface area contributed by atoms with E-state index >= 15 is 0 Å². The largest absolute Gasteiger partial charge is 0.469 e. The second kappa shape index (κ2) is 5.85. The Morgan fingerprint density at radius 1 is 1.52 bits per heavy atom. The van der Waals surface area contributed by atoms with E-state index < -0.39 is 42.3 Å². The van der Waals surface area contributed by atoms with Gasteiger partial charge >= 0.3 is 13.5 Å². The molecule has 0 aliphatic carbocycles. The second-order valence-corrected chi connectivity index (χ2v) is 7.16. The van der Waals surface area contributed by atoms with Crippen LogP contribution in [0.2, 0.25) is 0 Å². The topological polar surface area (TPSA) is 131 Å². The van der Waals surface area contributed by atoms with Gasteiger partial charge in [-0.05, 0) is 0 Å². The second-order valence-electron chi connectivity index (χ2n) is 4.38. The van der Waals surface area contributed by atoms with E-state index in [1.807, 2.05) is 4.98 Å². The minimum Gasteiger partial charge on any atom is -0.349 e. The van der Waals surface area contributed by atoms with Gasteiger partial charge in [-0.25, -0.2) is 9.36 Å². The van der Waals surface area contributed by atoms with Crippen molar-refractivity contribution in [3.8, 4) is 0 Å². The number of hydrogen-bond donors (Lipinski definition) is 3. The Balaban J connectivity index is 2.19. The van der Waals surface area contributed by atoms with Crippen molar-refractivity contribution < 1.29 is 23.6 Å². The third kappa shape index (κ3) is 4.17. The van der Waals surface area contributed by atoms with Crippen LogP contribution in [0.5, 0.6) is 0 Å². The number of aromatic amines is 1. The molecule has 1 saturated heterocycles. The smallest absolute Gasteiger partial charge is 0.349 e. The van der Waals surface area contributed by atoms with Gasteiger partial charge < -0.3 is 14.5 Å². The molecule has 0 saturated carbocycles. The van der Waals surface area contributed by atoms with E-state index in [2.05, 4.69) is 4.52 Å². The molecule has 0 amide bonds. The number of aromatic nitrogens is 2. The summed E-state index contributed by atoms with van der Waals surface area (Å²) < 4.78 is 19.8. The Kier molecular flexibility index (Phi) is 4.65. The van der Waals surface area contributed by atoms with Crippen molar-refractivity contribution in [3.05, 3.63) is 33.1 Å². The van der Waals surface area contributed by atoms with E-state index in [4.69, 9.17) is 37.7 Å². The highest BCUT2D eigenvalue weighted by atomic mass is 35.5. The fraction of sp³-hybridized carbons (Fsp3) is 0.556. The average molecular weight is 361 g/mol. The van der Waals surface area contributed by atoms with Gasteiger partial charge in [0.05, 0.1) is 12.7 Å². The standard InChI is InChI=1S/C9H11Cl2N2O7P/c10-9(11)3-5(4-19-21(16,17)18)20-7(9)13-2-1-6(14)12-8(13)15/h1-2,5,7H,3-4H2,(H,12,14,15)(H2,16,17,18). The molecule has 2 atom stereocenters. The Morgan fingerprint density at radius 3 is 2.76 bits per heavy atom. The average Bonchev–Trinajstić information content (AvgIpc) is 2.61. The lowest BCUT2D eigenvalue weighted by atomic mass is 10.2. The third-order valence-corrected chi connectivity index (χ3v) is 3.88. The molecular formula is C9H11Cl2N2O7P. The molecule has 2 unspecified atom stereocenters. The van der Waals surface area contributed by atoms with E-state index in [1.54, 1.807) is 0 Å². The first-order valence-corrected chi connectivity index (χ1v) is 7.92. The summed E-state index contributed by atoms with van der Waals surface area (Å²) in [7, 11) is -4.65. The van der Waals surface area contributed by atoms with Gasteiger partial charge in [-0.2, -0.15) is 0 Å². The summed E-state index contributed by atoms with van der Waals surface area (Å²) in [4.78, 5) is 42.0. The lowest BCUT2D eigenvalue weighted by Gasteiger charge is -2.22. The number of phosphoric ester groups is 1. The minimum atomic E-state index is -4.65. The first-order chi connectivity index (χ1) is 9.58. The molecule has 1 fully saturated rings. The zero-order chi connectivity index (χ0) is 15.8. The molecule has 0 spiro atoms. The quantitative estimate of drug-likeness (QED) is 0.512. The molecule has 0 aromatic carbocycles. The van der Waals surface area contributed by atoms with Crippen molar-refractivity contribution in [1.29, 1.82) is 0 Å². The van der Waals surface area contributed by atoms with Crippen molar-refractivity contribution in [2.75, 3.05) is 6.61 Å². The molecule has 118 valence electrons. The molecule has 0 radical (unpaired) electrons. The maximum atomic E-state index is 11.7. The minimum absolute atomic E-state index is 0.0215. The fourth-order valence-corrected chi connectivity index (χ4v) is 2.91. The molecule has 9 nitrogen and oxygen atoms in total. The van der Waals surface area contributed by atoms with E-state index in [1.165, 1.54) is 0 Å². The van der Waals surface area contributed by atoms with Crippen molar-refractivity contribution in [1.82, 2.24) is 9.55 Å².